The highest BCUT2D eigenvalue weighted by molar-refractivity contribution is 5.28. The molecule has 3 heteroatoms. The van der Waals surface area contributed by atoms with E-state index < -0.39 is 5.60 Å². The lowest BCUT2D eigenvalue weighted by Crippen LogP contribution is -2.34. The lowest BCUT2D eigenvalue weighted by atomic mass is 9.71. The minimum atomic E-state index is -0.740. The summed E-state index contributed by atoms with van der Waals surface area (Å²) in [5.41, 5.74) is 0.164. The zero-order valence-electron chi connectivity index (χ0n) is 13.1. The second-order valence-corrected chi connectivity index (χ2v) is 6.71. The second kappa shape index (κ2) is 6.13. The zero-order chi connectivity index (χ0) is 14.8. The van der Waals surface area contributed by atoms with Crippen molar-refractivity contribution in [2.45, 2.75) is 65.1 Å². The van der Waals surface area contributed by atoms with Crippen LogP contribution >= 0.6 is 0 Å². The summed E-state index contributed by atoms with van der Waals surface area (Å²) in [6.07, 6.45) is 7.58. The van der Waals surface area contributed by atoms with Crippen LogP contribution in [0.15, 0.2) is 18.5 Å². The van der Waals surface area contributed by atoms with Gasteiger partial charge in [-0.15, -0.1) is 0 Å². The molecule has 0 spiro atoms. The van der Waals surface area contributed by atoms with Crippen molar-refractivity contribution in [3.8, 4) is 5.75 Å². The van der Waals surface area contributed by atoms with Gasteiger partial charge in [-0.1, -0.05) is 13.8 Å². The topological polar surface area (TPSA) is 42.4 Å². The molecule has 0 bridgehead atoms. The Morgan fingerprint density at radius 3 is 2.70 bits per heavy atom. The van der Waals surface area contributed by atoms with Gasteiger partial charge in [0.25, 0.3) is 0 Å². The largest absolute Gasteiger partial charge is 0.489 e. The van der Waals surface area contributed by atoms with Gasteiger partial charge in [-0.3, -0.25) is 4.98 Å². The number of hydrogen-bond donors (Lipinski definition) is 1. The Kier molecular flexibility index (Phi) is 4.69. The molecule has 1 saturated carbocycles. The third kappa shape index (κ3) is 3.51. The zero-order valence-corrected chi connectivity index (χ0v) is 13.1. The highest BCUT2D eigenvalue weighted by Gasteiger charge is 2.37. The van der Waals surface area contributed by atoms with Gasteiger partial charge in [-0.2, -0.15) is 0 Å². The van der Waals surface area contributed by atoms with Crippen LogP contribution in [0.5, 0.6) is 5.75 Å². The third-order valence-corrected chi connectivity index (χ3v) is 4.33. The molecule has 0 aromatic carbocycles. The quantitative estimate of drug-likeness (QED) is 0.907. The van der Waals surface area contributed by atoms with Gasteiger partial charge in [-0.25, -0.2) is 0 Å². The predicted octanol–water partition coefficient (Wildman–Crippen LogP) is 3.90. The molecule has 1 heterocycles. The summed E-state index contributed by atoms with van der Waals surface area (Å²) >= 11 is 0. The maximum atomic E-state index is 11.0. The van der Waals surface area contributed by atoms with Crippen LogP contribution in [0.1, 0.15) is 58.9 Å². The van der Waals surface area contributed by atoms with Crippen molar-refractivity contribution in [2.75, 3.05) is 0 Å². The van der Waals surface area contributed by atoms with E-state index in [9.17, 15) is 5.11 Å². The molecule has 1 fully saturated rings. The summed E-state index contributed by atoms with van der Waals surface area (Å²) in [4.78, 5) is 4.24. The number of aliphatic hydroxyl groups is 1. The number of ether oxygens (including phenoxy) is 1. The molecular weight excluding hydrogens is 250 g/mol. The highest BCUT2D eigenvalue weighted by Crippen LogP contribution is 2.42. The van der Waals surface area contributed by atoms with Crippen LogP contribution in [0.2, 0.25) is 0 Å². The summed E-state index contributed by atoms with van der Waals surface area (Å²) in [6.45, 7) is 8.48. The number of hydrogen-bond acceptors (Lipinski definition) is 3. The molecule has 2 atom stereocenters. The van der Waals surface area contributed by atoms with E-state index in [0.717, 1.165) is 30.6 Å². The monoisotopic (exact) mass is 277 g/mol. The molecule has 1 aliphatic rings. The van der Waals surface area contributed by atoms with Crippen molar-refractivity contribution >= 4 is 0 Å². The maximum Gasteiger partial charge on any atom is 0.138 e. The number of nitrogens with zero attached hydrogens (tertiary/aromatic N) is 1. The molecule has 3 nitrogen and oxygen atoms in total. The van der Waals surface area contributed by atoms with Gasteiger partial charge in [0.2, 0.25) is 0 Å². The first kappa shape index (κ1) is 15.3. The van der Waals surface area contributed by atoms with E-state index in [-0.39, 0.29) is 6.10 Å². The molecule has 112 valence electrons. The van der Waals surface area contributed by atoms with Crippen LogP contribution in [0.3, 0.4) is 0 Å². The van der Waals surface area contributed by atoms with Gasteiger partial charge >= 0.3 is 0 Å². The van der Waals surface area contributed by atoms with Gasteiger partial charge in [-0.05, 0) is 57.4 Å². The molecule has 0 saturated heterocycles. The van der Waals surface area contributed by atoms with Crippen LogP contribution < -0.4 is 4.74 Å². The van der Waals surface area contributed by atoms with E-state index in [0.29, 0.717) is 11.8 Å². The van der Waals surface area contributed by atoms with Crippen LogP contribution in [0.4, 0.5) is 0 Å². The van der Waals surface area contributed by atoms with Gasteiger partial charge in [0, 0.05) is 11.8 Å². The van der Waals surface area contributed by atoms with Crippen molar-refractivity contribution in [3.05, 3.63) is 24.0 Å². The average molecular weight is 277 g/mol. The van der Waals surface area contributed by atoms with Crippen molar-refractivity contribution in [3.63, 3.8) is 0 Å². The summed E-state index contributed by atoms with van der Waals surface area (Å²) in [7, 11) is 0. The Balaban J connectivity index is 2.20. The van der Waals surface area contributed by atoms with E-state index in [1.807, 2.05) is 19.9 Å². The average Bonchev–Trinajstić information content (AvgIpc) is 2.38. The lowest BCUT2D eigenvalue weighted by Gasteiger charge is -2.38. The Bertz CT molecular complexity index is 444. The number of pyridine rings is 1. The van der Waals surface area contributed by atoms with Crippen LogP contribution in [-0.2, 0) is 5.60 Å². The number of rotatable bonds is 4. The van der Waals surface area contributed by atoms with Gasteiger partial charge < -0.3 is 9.84 Å². The molecule has 1 aliphatic carbocycles. The minimum Gasteiger partial charge on any atom is -0.489 e. The molecule has 0 radical (unpaired) electrons. The summed E-state index contributed by atoms with van der Waals surface area (Å²) in [6, 6.07) is 1.95. The predicted molar refractivity (Wildman–Crippen MR) is 80.7 cm³/mol. The Hall–Kier alpha value is -1.09. The first-order chi connectivity index (χ1) is 9.40. The van der Waals surface area contributed by atoms with E-state index in [4.69, 9.17) is 4.74 Å². The van der Waals surface area contributed by atoms with Crippen molar-refractivity contribution in [2.24, 2.45) is 11.8 Å². The molecule has 1 aromatic heterocycles. The van der Waals surface area contributed by atoms with Crippen molar-refractivity contribution in [1.29, 1.82) is 0 Å². The maximum absolute atomic E-state index is 11.0. The minimum absolute atomic E-state index is 0.122. The van der Waals surface area contributed by atoms with Gasteiger partial charge in [0.05, 0.1) is 17.9 Å². The summed E-state index contributed by atoms with van der Waals surface area (Å²) in [5.74, 6) is 1.95. The first-order valence-corrected chi connectivity index (χ1v) is 7.75. The van der Waals surface area contributed by atoms with Crippen LogP contribution in [0.25, 0.3) is 0 Å². The molecule has 20 heavy (non-hydrogen) atoms. The Morgan fingerprint density at radius 1 is 1.30 bits per heavy atom. The fourth-order valence-electron chi connectivity index (χ4n) is 3.14. The standard InChI is InChI=1S/C17H27NO2/c1-12(2)14-6-5-7-17(19,9-14)15-8-16(11-18-10-15)20-13(3)4/h8,10-14,19H,5-7,9H2,1-4H3. The van der Waals surface area contributed by atoms with Crippen LogP contribution in [0, 0.1) is 11.8 Å². The van der Waals surface area contributed by atoms with Crippen LogP contribution in [-0.4, -0.2) is 16.2 Å². The molecule has 1 aromatic rings. The van der Waals surface area contributed by atoms with E-state index in [1.165, 1.54) is 6.42 Å². The summed E-state index contributed by atoms with van der Waals surface area (Å²) in [5, 5.41) is 11.0. The molecule has 0 amide bonds. The highest BCUT2D eigenvalue weighted by atomic mass is 16.5. The molecule has 0 aliphatic heterocycles. The first-order valence-electron chi connectivity index (χ1n) is 7.75. The fourth-order valence-corrected chi connectivity index (χ4v) is 3.14. The Morgan fingerprint density at radius 2 is 2.05 bits per heavy atom. The van der Waals surface area contributed by atoms with Crippen molar-refractivity contribution in [1.82, 2.24) is 4.98 Å². The van der Waals surface area contributed by atoms with Gasteiger partial charge in [0.15, 0.2) is 0 Å². The molecule has 2 unspecified atom stereocenters. The second-order valence-electron chi connectivity index (χ2n) is 6.71. The fraction of sp³-hybridized carbons (Fsp3) is 0.706. The van der Waals surface area contributed by atoms with E-state index in [2.05, 4.69) is 18.8 Å². The normalized spacial score (nSPS) is 27.1. The molecular formula is C17H27NO2. The molecule has 2 rings (SSSR count). The van der Waals surface area contributed by atoms with Crippen molar-refractivity contribution < 1.29 is 9.84 Å². The van der Waals surface area contributed by atoms with Gasteiger partial charge in [0.1, 0.15) is 5.75 Å². The third-order valence-electron chi connectivity index (χ3n) is 4.33. The van der Waals surface area contributed by atoms with E-state index >= 15 is 0 Å². The SMILES string of the molecule is CC(C)Oc1cncc(C2(O)CCCC(C(C)C)C2)c1. The smallest absolute Gasteiger partial charge is 0.138 e. The number of aromatic nitrogens is 1. The molecule has 1 N–H and O–H groups in total. The lowest BCUT2D eigenvalue weighted by molar-refractivity contribution is -0.0300. The Labute approximate surface area is 122 Å². The van der Waals surface area contributed by atoms with E-state index in [1.54, 1.807) is 12.4 Å². The summed E-state index contributed by atoms with van der Waals surface area (Å²) < 4.78 is 5.69.